The molecule has 0 N–H and O–H groups in total. The molecule has 0 aromatic heterocycles. The molecule has 8 heavy (non-hydrogen) atoms. The van der Waals surface area contributed by atoms with E-state index in [1.807, 2.05) is 20.0 Å². The molecule has 0 rings (SSSR count). The zero-order valence-corrected chi connectivity index (χ0v) is 8.79. The van der Waals surface area contributed by atoms with Gasteiger partial charge in [-0.1, -0.05) is 0 Å². The van der Waals surface area contributed by atoms with E-state index in [1.54, 1.807) is 6.92 Å². The van der Waals surface area contributed by atoms with Gasteiger partial charge in [0.05, 0.1) is 27.3 Å². The summed E-state index contributed by atoms with van der Waals surface area (Å²) in [6.07, 6.45) is 0. The molecule has 0 bridgehead atoms. The molecule has 0 fully saturated rings. The van der Waals surface area contributed by atoms with Gasteiger partial charge in [0.2, 0.25) is 0 Å². The van der Waals surface area contributed by atoms with Gasteiger partial charge in [-0.05, 0) is 0 Å². The van der Waals surface area contributed by atoms with Crippen LogP contribution in [0.3, 0.4) is 0 Å². The third kappa shape index (κ3) is 4.98. The Kier molecular flexibility index (Phi) is 5.48. The van der Waals surface area contributed by atoms with Gasteiger partial charge in [0.15, 0.2) is 0 Å². The van der Waals surface area contributed by atoms with E-state index < -0.39 is 7.26 Å². The number of hydrogen-bond acceptors (Lipinski definition) is 1. The molecule has 0 aliphatic carbocycles. The van der Waals surface area contributed by atoms with Gasteiger partial charge >= 0.3 is 0 Å². The molecule has 1 nitrogen and oxygen atoms in total. The molecular formula is C5H12IOP. The third-order valence-corrected chi connectivity index (χ3v) is 2.83. The molecule has 0 spiro atoms. The molecular weight excluding hydrogens is 234 g/mol. The molecule has 0 aliphatic heterocycles. The number of carbonyl (C=O) groups is 1. The lowest BCUT2D eigenvalue weighted by atomic mass is 10.9. The van der Waals surface area contributed by atoms with Crippen LogP contribution in [0.25, 0.3) is 0 Å². The minimum Gasteiger partial charge on any atom is -1.00 e. The first kappa shape index (κ1) is 11.6. The quantitative estimate of drug-likeness (QED) is 0.404. The maximum absolute atomic E-state index is 10.5. The summed E-state index contributed by atoms with van der Waals surface area (Å²) in [5, 5.41) is 0. The van der Waals surface area contributed by atoms with Crippen molar-refractivity contribution >= 4 is 12.8 Å². The summed E-state index contributed by atoms with van der Waals surface area (Å²) in [5.41, 5.74) is 0.354. The smallest absolute Gasteiger partial charge is 0.263 e. The monoisotopic (exact) mass is 246 g/mol. The highest BCUT2D eigenvalue weighted by atomic mass is 127. The number of hydrogen-bond donors (Lipinski definition) is 0. The lowest BCUT2D eigenvalue weighted by Crippen LogP contribution is -3.00. The minimum atomic E-state index is -1.13. The Labute approximate surface area is 68.6 Å². The predicted octanol–water partition coefficient (Wildman–Crippen LogP) is -1.56. The third-order valence-electron chi connectivity index (χ3n) is 0.945. The fraction of sp³-hybridized carbons (Fsp3) is 0.800. The Bertz CT molecular complexity index is 84.9. The maximum Gasteiger partial charge on any atom is 0.263 e. The van der Waals surface area contributed by atoms with Crippen molar-refractivity contribution in [2.45, 2.75) is 6.92 Å². The van der Waals surface area contributed by atoms with E-state index in [9.17, 15) is 4.79 Å². The average Bonchev–Trinajstić information content (AvgIpc) is 1.31. The summed E-state index contributed by atoms with van der Waals surface area (Å²) in [6, 6.07) is 0. The molecule has 0 radical (unpaired) electrons. The Hall–Kier alpha value is 0.830. The van der Waals surface area contributed by atoms with Gasteiger partial charge in [0, 0.05) is 6.92 Å². The van der Waals surface area contributed by atoms with Gasteiger partial charge in [-0.15, -0.1) is 0 Å². The Morgan fingerprint density at radius 3 is 1.38 bits per heavy atom. The molecule has 3 heteroatoms. The first-order chi connectivity index (χ1) is 2.94. The number of carbonyl (C=O) groups excluding carboxylic acids is 1. The van der Waals surface area contributed by atoms with Crippen LogP contribution < -0.4 is 24.0 Å². The largest absolute Gasteiger partial charge is 1.00 e. The fourth-order valence-corrected chi connectivity index (χ4v) is 0. The van der Waals surface area contributed by atoms with Gasteiger partial charge < -0.3 is 24.0 Å². The standard InChI is InChI=1S/C5H12OP.HI/c1-5(6)7(2,3)4;/h1-4H3;1H/q+1;/p-1. The van der Waals surface area contributed by atoms with Crippen LogP contribution in [-0.4, -0.2) is 25.5 Å². The molecule has 0 unspecified atom stereocenters. The Morgan fingerprint density at radius 1 is 1.25 bits per heavy atom. The van der Waals surface area contributed by atoms with Gasteiger partial charge in [-0.2, -0.15) is 0 Å². The highest BCUT2D eigenvalue weighted by Gasteiger charge is 2.23. The summed E-state index contributed by atoms with van der Waals surface area (Å²) < 4.78 is 0. The second kappa shape index (κ2) is 3.78. The molecule has 0 saturated carbocycles. The van der Waals surface area contributed by atoms with Crippen molar-refractivity contribution in [1.82, 2.24) is 0 Å². The molecule has 0 heterocycles. The van der Waals surface area contributed by atoms with Crippen LogP contribution in [0.5, 0.6) is 0 Å². The van der Waals surface area contributed by atoms with Crippen molar-refractivity contribution in [3.05, 3.63) is 0 Å². The van der Waals surface area contributed by atoms with Crippen molar-refractivity contribution < 1.29 is 28.8 Å². The van der Waals surface area contributed by atoms with Crippen molar-refractivity contribution in [2.24, 2.45) is 0 Å². The van der Waals surface area contributed by atoms with Crippen LogP contribution >= 0.6 is 7.26 Å². The molecule has 0 aliphatic rings. The van der Waals surface area contributed by atoms with Crippen LogP contribution in [0, 0.1) is 0 Å². The van der Waals surface area contributed by atoms with Crippen LogP contribution in [0.2, 0.25) is 0 Å². The van der Waals surface area contributed by atoms with Gasteiger partial charge in [0.1, 0.15) is 0 Å². The van der Waals surface area contributed by atoms with Crippen molar-refractivity contribution in [1.29, 1.82) is 0 Å². The van der Waals surface area contributed by atoms with Gasteiger partial charge in [-0.25, -0.2) is 0 Å². The molecule has 0 amide bonds. The SMILES string of the molecule is CC(=O)[P+](C)(C)C.[I-]. The fourth-order valence-electron chi connectivity index (χ4n) is 0. The van der Waals surface area contributed by atoms with Crippen LogP contribution in [0.1, 0.15) is 6.92 Å². The minimum absolute atomic E-state index is 0. The lowest BCUT2D eigenvalue weighted by Gasteiger charge is -2.02. The van der Waals surface area contributed by atoms with E-state index in [0.29, 0.717) is 5.52 Å². The molecule has 0 aromatic carbocycles. The van der Waals surface area contributed by atoms with Gasteiger partial charge in [0.25, 0.3) is 5.52 Å². The summed E-state index contributed by atoms with van der Waals surface area (Å²) in [5.74, 6) is 0. The van der Waals surface area contributed by atoms with E-state index in [4.69, 9.17) is 0 Å². The van der Waals surface area contributed by atoms with E-state index in [0.717, 1.165) is 0 Å². The Balaban J connectivity index is 0. The first-order valence-corrected chi connectivity index (χ1v) is 5.40. The van der Waals surface area contributed by atoms with Crippen LogP contribution in [0.15, 0.2) is 0 Å². The van der Waals surface area contributed by atoms with E-state index in [-0.39, 0.29) is 24.0 Å². The van der Waals surface area contributed by atoms with Crippen molar-refractivity contribution in [3.8, 4) is 0 Å². The van der Waals surface area contributed by atoms with E-state index >= 15 is 0 Å². The average molecular weight is 246 g/mol. The zero-order chi connectivity index (χ0) is 6.08. The highest BCUT2D eigenvalue weighted by Crippen LogP contribution is 2.46. The molecule has 0 saturated heterocycles. The number of halogens is 1. The topological polar surface area (TPSA) is 17.1 Å². The zero-order valence-electron chi connectivity index (χ0n) is 5.73. The van der Waals surface area contributed by atoms with E-state index in [1.165, 1.54) is 0 Å². The number of rotatable bonds is 1. The van der Waals surface area contributed by atoms with Gasteiger partial charge in [-0.3, -0.25) is 4.79 Å². The lowest BCUT2D eigenvalue weighted by molar-refractivity contribution is -0.109. The Morgan fingerprint density at radius 2 is 1.38 bits per heavy atom. The second-order valence-corrected chi connectivity index (χ2v) is 7.19. The van der Waals surface area contributed by atoms with E-state index in [2.05, 4.69) is 0 Å². The normalized spacial score (nSPS) is 10.0. The summed E-state index contributed by atoms with van der Waals surface area (Å²) in [6.45, 7) is 7.73. The summed E-state index contributed by atoms with van der Waals surface area (Å²) in [4.78, 5) is 10.5. The highest BCUT2D eigenvalue weighted by molar-refractivity contribution is 7.89. The van der Waals surface area contributed by atoms with Crippen molar-refractivity contribution in [2.75, 3.05) is 20.0 Å². The molecule has 0 atom stereocenters. The maximum atomic E-state index is 10.5. The second-order valence-electron chi connectivity index (χ2n) is 2.53. The molecule has 50 valence electrons. The summed E-state index contributed by atoms with van der Waals surface area (Å²) in [7, 11) is -1.13. The predicted molar refractivity (Wildman–Crippen MR) is 35.4 cm³/mol. The van der Waals surface area contributed by atoms with Crippen LogP contribution in [-0.2, 0) is 4.79 Å². The summed E-state index contributed by atoms with van der Waals surface area (Å²) >= 11 is 0. The first-order valence-electron chi connectivity index (χ1n) is 2.27. The van der Waals surface area contributed by atoms with Crippen LogP contribution in [0.4, 0.5) is 0 Å². The van der Waals surface area contributed by atoms with Crippen molar-refractivity contribution in [3.63, 3.8) is 0 Å². The molecule has 0 aromatic rings.